The maximum atomic E-state index is 12.3. The SMILES string of the molecule is O=C(NCCN1c2ccccc2C=Cc2ccccc21)C(F)(F)F. The average molecular weight is 332 g/mol. The van der Waals surface area contributed by atoms with E-state index in [1.54, 1.807) is 0 Å². The van der Waals surface area contributed by atoms with E-state index in [1.165, 1.54) is 0 Å². The first-order chi connectivity index (χ1) is 11.5. The van der Waals surface area contributed by atoms with E-state index in [1.807, 2.05) is 70.9 Å². The van der Waals surface area contributed by atoms with E-state index in [2.05, 4.69) is 0 Å². The van der Waals surface area contributed by atoms with E-state index in [0.717, 1.165) is 22.5 Å². The van der Waals surface area contributed by atoms with Gasteiger partial charge in [0, 0.05) is 24.5 Å². The molecule has 1 amide bonds. The second-order valence-electron chi connectivity index (χ2n) is 5.36. The van der Waals surface area contributed by atoms with Gasteiger partial charge in [0.15, 0.2) is 0 Å². The Balaban J connectivity index is 1.86. The highest BCUT2D eigenvalue weighted by Crippen LogP contribution is 2.35. The molecule has 124 valence electrons. The van der Waals surface area contributed by atoms with Crippen LogP contribution in [0.3, 0.4) is 0 Å². The highest BCUT2D eigenvalue weighted by Gasteiger charge is 2.38. The van der Waals surface area contributed by atoms with Gasteiger partial charge in [-0.25, -0.2) is 0 Å². The minimum Gasteiger partial charge on any atom is -0.346 e. The predicted octanol–water partition coefficient (Wildman–Crippen LogP) is 3.99. The topological polar surface area (TPSA) is 32.3 Å². The van der Waals surface area contributed by atoms with Crippen molar-refractivity contribution in [2.45, 2.75) is 6.18 Å². The monoisotopic (exact) mass is 332 g/mol. The Bertz CT molecular complexity index is 734. The molecule has 0 atom stereocenters. The van der Waals surface area contributed by atoms with E-state index < -0.39 is 12.1 Å². The Morgan fingerprint density at radius 1 is 0.917 bits per heavy atom. The van der Waals surface area contributed by atoms with Gasteiger partial charge in [0.25, 0.3) is 0 Å². The fourth-order valence-electron chi connectivity index (χ4n) is 2.68. The van der Waals surface area contributed by atoms with Gasteiger partial charge in [-0.15, -0.1) is 0 Å². The van der Waals surface area contributed by atoms with Crippen LogP contribution in [0, 0.1) is 0 Å². The molecule has 0 spiro atoms. The van der Waals surface area contributed by atoms with Gasteiger partial charge in [0.1, 0.15) is 0 Å². The van der Waals surface area contributed by atoms with Crippen LogP contribution in [-0.2, 0) is 4.79 Å². The van der Waals surface area contributed by atoms with Crippen LogP contribution in [0.15, 0.2) is 48.5 Å². The zero-order valence-corrected chi connectivity index (χ0v) is 12.7. The molecule has 3 nitrogen and oxygen atoms in total. The number of fused-ring (bicyclic) bond motifs is 2. The molecule has 1 heterocycles. The Kier molecular flexibility index (Phi) is 4.29. The molecule has 3 rings (SSSR count). The molecule has 0 bridgehead atoms. The molecule has 24 heavy (non-hydrogen) atoms. The van der Waals surface area contributed by atoms with Crippen LogP contribution >= 0.6 is 0 Å². The summed E-state index contributed by atoms with van der Waals surface area (Å²) < 4.78 is 37.0. The average Bonchev–Trinajstić information content (AvgIpc) is 2.72. The fraction of sp³-hybridized carbons (Fsp3) is 0.167. The summed E-state index contributed by atoms with van der Waals surface area (Å²) in [4.78, 5) is 12.9. The number of amides is 1. The molecule has 2 aromatic carbocycles. The van der Waals surface area contributed by atoms with Gasteiger partial charge in [-0.1, -0.05) is 48.6 Å². The third-order valence-electron chi connectivity index (χ3n) is 3.78. The zero-order valence-electron chi connectivity index (χ0n) is 12.7. The van der Waals surface area contributed by atoms with Crippen LogP contribution in [0.1, 0.15) is 11.1 Å². The lowest BCUT2D eigenvalue weighted by atomic mass is 10.1. The van der Waals surface area contributed by atoms with Crippen LogP contribution in [-0.4, -0.2) is 25.2 Å². The lowest BCUT2D eigenvalue weighted by molar-refractivity contribution is -0.173. The summed E-state index contributed by atoms with van der Waals surface area (Å²) in [5, 5.41) is 1.93. The van der Waals surface area contributed by atoms with Crippen LogP contribution in [0.25, 0.3) is 12.2 Å². The van der Waals surface area contributed by atoms with E-state index in [0.29, 0.717) is 0 Å². The first-order valence-corrected chi connectivity index (χ1v) is 7.45. The van der Waals surface area contributed by atoms with Crippen molar-refractivity contribution in [3.63, 3.8) is 0 Å². The molecule has 2 aromatic rings. The minimum atomic E-state index is -4.86. The van der Waals surface area contributed by atoms with Crippen LogP contribution in [0.2, 0.25) is 0 Å². The number of halogens is 3. The Hall–Kier alpha value is -2.76. The van der Waals surface area contributed by atoms with Gasteiger partial charge in [-0.3, -0.25) is 4.79 Å². The molecule has 6 heteroatoms. The number of benzene rings is 2. The fourth-order valence-corrected chi connectivity index (χ4v) is 2.68. The van der Waals surface area contributed by atoms with Crippen LogP contribution in [0.5, 0.6) is 0 Å². The number of hydrogen-bond acceptors (Lipinski definition) is 2. The van der Waals surface area contributed by atoms with Gasteiger partial charge >= 0.3 is 12.1 Å². The predicted molar refractivity (Wildman–Crippen MR) is 87.9 cm³/mol. The molecule has 0 saturated heterocycles. The lowest BCUT2D eigenvalue weighted by Gasteiger charge is -2.27. The van der Waals surface area contributed by atoms with Crippen LogP contribution < -0.4 is 10.2 Å². The van der Waals surface area contributed by atoms with Gasteiger partial charge < -0.3 is 10.2 Å². The highest BCUT2D eigenvalue weighted by molar-refractivity contribution is 5.88. The van der Waals surface area contributed by atoms with Gasteiger partial charge in [-0.05, 0) is 23.3 Å². The molecule has 1 aliphatic rings. The molecule has 0 saturated carbocycles. The van der Waals surface area contributed by atoms with Gasteiger partial charge in [-0.2, -0.15) is 13.2 Å². The van der Waals surface area contributed by atoms with E-state index >= 15 is 0 Å². The summed E-state index contributed by atoms with van der Waals surface area (Å²) in [5.41, 5.74) is 3.71. The summed E-state index contributed by atoms with van der Waals surface area (Å²) in [6, 6.07) is 15.3. The number of anilines is 2. The third-order valence-corrected chi connectivity index (χ3v) is 3.78. The number of nitrogens with one attached hydrogen (secondary N) is 1. The molecule has 1 aliphatic heterocycles. The summed E-state index contributed by atoms with van der Waals surface area (Å²) >= 11 is 0. The number of nitrogens with zero attached hydrogens (tertiary/aromatic N) is 1. The Morgan fingerprint density at radius 2 is 1.42 bits per heavy atom. The second kappa shape index (κ2) is 6.39. The Labute approximate surface area is 137 Å². The molecule has 1 N–H and O–H groups in total. The van der Waals surface area contributed by atoms with E-state index in [4.69, 9.17) is 0 Å². The highest BCUT2D eigenvalue weighted by atomic mass is 19.4. The van der Waals surface area contributed by atoms with Crippen LogP contribution in [0.4, 0.5) is 24.5 Å². The number of hydrogen-bond donors (Lipinski definition) is 1. The van der Waals surface area contributed by atoms with Crippen molar-refractivity contribution in [3.8, 4) is 0 Å². The molecule has 0 radical (unpaired) electrons. The van der Waals surface area contributed by atoms with Crippen molar-refractivity contribution in [1.82, 2.24) is 5.32 Å². The molecule has 0 aromatic heterocycles. The largest absolute Gasteiger partial charge is 0.471 e. The van der Waals surface area contributed by atoms with Crippen molar-refractivity contribution in [1.29, 1.82) is 0 Å². The number of alkyl halides is 3. The smallest absolute Gasteiger partial charge is 0.346 e. The molecule has 0 aliphatic carbocycles. The first kappa shape index (κ1) is 16.1. The van der Waals surface area contributed by atoms with E-state index in [-0.39, 0.29) is 13.1 Å². The quantitative estimate of drug-likeness (QED) is 0.922. The number of carbonyl (C=O) groups is 1. The summed E-state index contributed by atoms with van der Waals surface area (Å²) in [7, 11) is 0. The minimum absolute atomic E-state index is 0.110. The Morgan fingerprint density at radius 3 is 1.92 bits per heavy atom. The summed E-state index contributed by atoms with van der Waals surface area (Å²) in [6.45, 7) is 0.124. The van der Waals surface area contributed by atoms with Crippen molar-refractivity contribution >= 4 is 29.4 Å². The number of rotatable bonds is 3. The second-order valence-corrected chi connectivity index (χ2v) is 5.36. The first-order valence-electron chi connectivity index (χ1n) is 7.45. The molecular weight excluding hydrogens is 317 g/mol. The molecular formula is C18H15F3N2O. The van der Waals surface area contributed by atoms with Crippen molar-refractivity contribution in [2.75, 3.05) is 18.0 Å². The zero-order chi connectivity index (χ0) is 17.2. The van der Waals surface area contributed by atoms with E-state index in [9.17, 15) is 18.0 Å². The lowest BCUT2D eigenvalue weighted by Crippen LogP contribution is -2.40. The molecule has 0 unspecified atom stereocenters. The summed E-state index contributed by atoms with van der Waals surface area (Å²) in [6.07, 6.45) is -0.916. The van der Waals surface area contributed by atoms with Gasteiger partial charge in [0.05, 0.1) is 0 Å². The number of carbonyl (C=O) groups excluding carboxylic acids is 1. The maximum Gasteiger partial charge on any atom is 0.471 e. The normalized spacial score (nSPS) is 13.0. The van der Waals surface area contributed by atoms with Crippen molar-refractivity contribution in [2.24, 2.45) is 0 Å². The third kappa shape index (κ3) is 3.27. The van der Waals surface area contributed by atoms with Crippen molar-refractivity contribution in [3.05, 3.63) is 59.7 Å². The van der Waals surface area contributed by atoms with Gasteiger partial charge in [0.2, 0.25) is 0 Å². The summed E-state index contributed by atoms with van der Waals surface area (Å²) in [5.74, 6) is -1.92. The van der Waals surface area contributed by atoms with Crippen molar-refractivity contribution < 1.29 is 18.0 Å². The standard InChI is InChI=1S/C18H15F3N2O/c19-18(20,21)17(24)22-11-12-23-15-7-3-1-5-13(15)9-10-14-6-2-4-8-16(14)23/h1-10H,11-12H2,(H,22,24). The maximum absolute atomic E-state index is 12.3. The molecule has 0 fully saturated rings. The number of para-hydroxylation sites is 2.